The molecular weight excluding hydrogens is 390 g/mol. The molecule has 29 heavy (non-hydrogen) atoms. The Balaban J connectivity index is 0.00000300. The summed E-state index contributed by atoms with van der Waals surface area (Å²) >= 11 is 0. The number of carbonyl (C=O) groups is 2. The number of carbonyl (C=O) groups excluding carboxylic acids is 2. The first-order valence-electron chi connectivity index (χ1n) is 10.7. The fourth-order valence-corrected chi connectivity index (χ4v) is 4.03. The van der Waals surface area contributed by atoms with Crippen molar-refractivity contribution in [1.82, 2.24) is 10.6 Å². The van der Waals surface area contributed by atoms with E-state index in [1.807, 2.05) is 24.3 Å². The van der Waals surface area contributed by atoms with E-state index in [0.717, 1.165) is 50.9 Å². The molecule has 0 aromatic heterocycles. The maximum atomic E-state index is 13.0. The number of amides is 2. The second kappa shape index (κ2) is 11.4. The number of para-hydroxylation sites is 2. The van der Waals surface area contributed by atoms with E-state index in [4.69, 9.17) is 4.74 Å². The Labute approximate surface area is 180 Å². The fraction of sp³-hybridized carbons (Fsp3) is 0.636. The highest BCUT2D eigenvalue weighted by molar-refractivity contribution is 5.97. The molecule has 2 heterocycles. The molecule has 1 aromatic carbocycles. The number of rotatable bonds is 7. The van der Waals surface area contributed by atoms with Gasteiger partial charge in [0, 0.05) is 12.5 Å². The first-order chi connectivity index (χ1) is 13.6. The fourth-order valence-electron chi connectivity index (χ4n) is 4.03. The summed E-state index contributed by atoms with van der Waals surface area (Å²) in [5, 5.41) is 6.42. The molecule has 6 nitrogen and oxygen atoms in total. The average molecular weight is 424 g/mol. The summed E-state index contributed by atoms with van der Waals surface area (Å²) in [5.41, 5.74) is 0.768. The van der Waals surface area contributed by atoms with Crippen LogP contribution in [0.3, 0.4) is 0 Å². The van der Waals surface area contributed by atoms with Crippen molar-refractivity contribution >= 4 is 29.9 Å². The van der Waals surface area contributed by atoms with E-state index in [-0.39, 0.29) is 36.8 Å². The molecular formula is C22H34ClN3O3. The summed E-state index contributed by atoms with van der Waals surface area (Å²) < 4.78 is 5.94. The van der Waals surface area contributed by atoms with Crippen LogP contribution in [0.2, 0.25) is 0 Å². The number of nitrogens with one attached hydrogen (secondary N) is 2. The van der Waals surface area contributed by atoms with Crippen LogP contribution in [0.4, 0.5) is 5.69 Å². The molecule has 1 unspecified atom stereocenters. The zero-order chi connectivity index (χ0) is 19.9. The summed E-state index contributed by atoms with van der Waals surface area (Å²) in [6.45, 7) is 6.47. The lowest BCUT2D eigenvalue weighted by molar-refractivity contribution is -0.129. The lowest BCUT2D eigenvalue weighted by atomic mass is 9.93. The van der Waals surface area contributed by atoms with Gasteiger partial charge in [0.15, 0.2) is 6.10 Å². The number of nitrogens with zero attached hydrogens (tertiary/aromatic N) is 1. The van der Waals surface area contributed by atoms with Gasteiger partial charge in [-0.3, -0.25) is 9.59 Å². The Morgan fingerprint density at radius 2 is 1.90 bits per heavy atom. The van der Waals surface area contributed by atoms with Crippen LogP contribution in [-0.2, 0) is 9.59 Å². The van der Waals surface area contributed by atoms with Gasteiger partial charge in [0.2, 0.25) is 5.91 Å². The molecule has 0 radical (unpaired) electrons. The first-order valence-corrected chi connectivity index (χ1v) is 10.7. The van der Waals surface area contributed by atoms with E-state index >= 15 is 0 Å². The van der Waals surface area contributed by atoms with Crippen molar-refractivity contribution < 1.29 is 14.3 Å². The Kier molecular flexibility index (Phi) is 9.24. The van der Waals surface area contributed by atoms with E-state index in [0.29, 0.717) is 18.1 Å². The lowest BCUT2D eigenvalue weighted by Crippen LogP contribution is -2.52. The van der Waals surface area contributed by atoms with Crippen molar-refractivity contribution in [2.45, 2.75) is 64.5 Å². The van der Waals surface area contributed by atoms with Gasteiger partial charge in [0.25, 0.3) is 5.91 Å². The number of halogens is 1. The number of fused-ring (bicyclic) bond motifs is 1. The van der Waals surface area contributed by atoms with E-state index in [2.05, 4.69) is 24.5 Å². The topological polar surface area (TPSA) is 70.7 Å². The van der Waals surface area contributed by atoms with E-state index < -0.39 is 6.10 Å². The predicted molar refractivity (Wildman–Crippen MR) is 118 cm³/mol. The van der Waals surface area contributed by atoms with Crippen molar-refractivity contribution in [1.29, 1.82) is 0 Å². The largest absolute Gasteiger partial charge is 0.477 e. The molecule has 0 bridgehead atoms. The molecule has 3 rings (SSSR count). The number of piperidine rings is 1. The maximum Gasteiger partial charge on any atom is 0.263 e. The molecule has 2 amide bonds. The summed E-state index contributed by atoms with van der Waals surface area (Å²) in [4.78, 5) is 27.5. The standard InChI is InChI=1S/C22H33N3O3.ClH/c1-3-17(4-2)24-22(27)20-15-25(18-7-5-6-8-19(18)28-20)21(26)10-9-16-11-13-23-14-12-16;/h5-8,16-17,20,23H,3-4,9-15H2,1-2H3,(H,24,27);1H. The molecule has 0 saturated carbocycles. The van der Waals surface area contributed by atoms with Gasteiger partial charge < -0.3 is 20.3 Å². The van der Waals surface area contributed by atoms with Crippen LogP contribution in [0.5, 0.6) is 5.75 Å². The lowest BCUT2D eigenvalue weighted by Gasteiger charge is -2.35. The monoisotopic (exact) mass is 423 g/mol. The van der Waals surface area contributed by atoms with Crippen LogP contribution >= 0.6 is 12.4 Å². The van der Waals surface area contributed by atoms with E-state index in [9.17, 15) is 9.59 Å². The molecule has 1 aromatic rings. The summed E-state index contributed by atoms with van der Waals surface area (Å²) in [6, 6.07) is 7.64. The Morgan fingerprint density at radius 1 is 1.21 bits per heavy atom. The quantitative estimate of drug-likeness (QED) is 0.706. The third-order valence-electron chi connectivity index (χ3n) is 5.92. The number of benzene rings is 1. The Bertz CT molecular complexity index is 675. The van der Waals surface area contributed by atoms with Crippen LogP contribution in [0.25, 0.3) is 0 Å². The van der Waals surface area contributed by atoms with Crippen LogP contribution in [0.15, 0.2) is 24.3 Å². The SMILES string of the molecule is CCC(CC)NC(=O)C1CN(C(=O)CCC2CCNCC2)c2ccccc2O1.Cl. The van der Waals surface area contributed by atoms with Gasteiger partial charge in [-0.1, -0.05) is 26.0 Å². The first kappa shape index (κ1) is 23.5. The highest BCUT2D eigenvalue weighted by atomic mass is 35.5. The van der Waals surface area contributed by atoms with E-state index in [1.165, 1.54) is 0 Å². The van der Waals surface area contributed by atoms with Crippen molar-refractivity contribution in [3.8, 4) is 5.75 Å². The Hall–Kier alpha value is -1.79. The summed E-state index contributed by atoms with van der Waals surface area (Å²) in [5.74, 6) is 1.15. The molecule has 7 heteroatoms. The van der Waals surface area contributed by atoms with Crippen LogP contribution in [0.1, 0.15) is 52.4 Å². The summed E-state index contributed by atoms with van der Waals surface area (Å²) in [6.07, 6.45) is 4.78. The Morgan fingerprint density at radius 3 is 2.59 bits per heavy atom. The highest BCUT2D eigenvalue weighted by Gasteiger charge is 2.34. The zero-order valence-electron chi connectivity index (χ0n) is 17.5. The third-order valence-corrected chi connectivity index (χ3v) is 5.92. The second-order valence-corrected chi connectivity index (χ2v) is 7.83. The molecule has 2 N–H and O–H groups in total. The number of ether oxygens (including phenoxy) is 1. The molecule has 2 aliphatic rings. The maximum absolute atomic E-state index is 13.0. The molecule has 1 atom stereocenters. The van der Waals surface area contributed by atoms with Crippen molar-refractivity contribution in [2.75, 3.05) is 24.5 Å². The second-order valence-electron chi connectivity index (χ2n) is 7.83. The van der Waals surface area contributed by atoms with Gasteiger partial charge in [0.05, 0.1) is 12.2 Å². The minimum atomic E-state index is -0.668. The van der Waals surface area contributed by atoms with Crippen molar-refractivity contribution in [3.63, 3.8) is 0 Å². The van der Waals surface area contributed by atoms with Gasteiger partial charge in [-0.2, -0.15) is 0 Å². The van der Waals surface area contributed by atoms with Crippen LogP contribution in [-0.4, -0.2) is 43.6 Å². The van der Waals surface area contributed by atoms with E-state index in [1.54, 1.807) is 4.90 Å². The molecule has 2 aliphatic heterocycles. The third kappa shape index (κ3) is 6.09. The minimum Gasteiger partial charge on any atom is -0.477 e. The van der Waals surface area contributed by atoms with Crippen molar-refractivity contribution in [2.24, 2.45) is 5.92 Å². The van der Waals surface area contributed by atoms with Gasteiger partial charge in [0.1, 0.15) is 5.75 Å². The number of hydrogen-bond acceptors (Lipinski definition) is 4. The van der Waals surface area contributed by atoms with Gasteiger partial charge >= 0.3 is 0 Å². The molecule has 0 spiro atoms. The number of hydrogen-bond donors (Lipinski definition) is 2. The van der Waals surface area contributed by atoms with Crippen LogP contribution in [0, 0.1) is 5.92 Å². The van der Waals surface area contributed by atoms with Gasteiger partial charge in [-0.25, -0.2) is 0 Å². The van der Waals surface area contributed by atoms with Crippen LogP contribution < -0.4 is 20.3 Å². The van der Waals surface area contributed by atoms with Gasteiger partial charge in [-0.05, 0) is 63.2 Å². The average Bonchev–Trinajstić information content (AvgIpc) is 2.75. The minimum absolute atomic E-state index is 0. The molecule has 0 aliphatic carbocycles. The molecule has 162 valence electrons. The smallest absolute Gasteiger partial charge is 0.263 e. The molecule has 1 saturated heterocycles. The number of anilines is 1. The van der Waals surface area contributed by atoms with Crippen molar-refractivity contribution in [3.05, 3.63) is 24.3 Å². The molecule has 1 fully saturated rings. The summed E-state index contributed by atoms with van der Waals surface area (Å²) in [7, 11) is 0. The highest BCUT2D eigenvalue weighted by Crippen LogP contribution is 2.34. The predicted octanol–water partition coefficient (Wildman–Crippen LogP) is 3.29. The normalized spacial score (nSPS) is 19.1. The van der Waals surface area contributed by atoms with Gasteiger partial charge in [-0.15, -0.1) is 12.4 Å². The zero-order valence-corrected chi connectivity index (χ0v) is 18.3.